The van der Waals surface area contributed by atoms with E-state index in [1.54, 1.807) is 31.2 Å². The van der Waals surface area contributed by atoms with Crippen LogP contribution < -0.4 is 10.5 Å². The van der Waals surface area contributed by atoms with E-state index in [1.165, 1.54) is 0 Å². The minimum absolute atomic E-state index is 0.232. The Morgan fingerprint density at radius 1 is 1.28 bits per heavy atom. The van der Waals surface area contributed by atoms with Gasteiger partial charge >= 0.3 is 0 Å². The Labute approximate surface area is 107 Å². The van der Waals surface area contributed by atoms with E-state index in [2.05, 4.69) is 0 Å². The first kappa shape index (κ1) is 14.9. The first-order valence-corrected chi connectivity index (χ1v) is 5.83. The highest BCUT2D eigenvalue weighted by molar-refractivity contribution is 5.29. The van der Waals surface area contributed by atoms with Crippen molar-refractivity contribution in [2.45, 2.75) is 25.4 Å². The molecule has 18 heavy (non-hydrogen) atoms. The van der Waals surface area contributed by atoms with Crippen molar-refractivity contribution in [1.29, 1.82) is 0 Å². The van der Waals surface area contributed by atoms with Crippen molar-refractivity contribution in [1.82, 2.24) is 4.90 Å². The number of halogens is 2. The Bertz CT molecular complexity index is 355. The molecule has 3 nitrogen and oxygen atoms in total. The highest BCUT2D eigenvalue weighted by Crippen LogP contribution is 2.24. The van der Waals surface area contributed by atoms with Crippen molar-refractivity contribution in [3.8, 4) is 5.75 Å². The van der Waals surface area contributed by atoms with E-state index in [0.717, 1.165) is 11.3 Å². The maximum atomic E-state index is 12.4. The molecular weight excluding hydrogens is 238 g/mol. The van der Waals surface area contributed by atoms with E-state index in [9.17, 15) is 8.78 Å². The third-order valence-corrected chi connectivity index (χ3v) is 2.86. The van der Waals surface area contributed by atoms with Gasteiger partial charge in [0.15, 0.2) is 0 Å². The zero-order valence-electron chi connectivity index (χ0n) is 10.9. The number of hydrogen-bond acceptors (Lipinski definition) is 3. The number of ether oxygens (including phenoxy) is 1. The van der Waals surface area contributed by atoms with Gasteiger partial charge in [-0.25, -0.2) is 8.78 Å². The minimum Gasteiger partial charge on any atom is -0.497 e. The second-order valence-electron chi connectivity index (χ2n) is 4.41. The molecule has 5 heteroatoms. The van der Waals surface area contributed by atoms with E-state index in [-0.39, 0.29) is 18.6 Å². The van der Waals surface area contributed by atoms with E-state index >= 15 is 0 Å². The molecule has 102 valence electrons. The largest absolute Gasteiger partial charge is 0.497 e. The average Bonchev–Trinajstić information content (AvgIpc) is 2.28. The molecule has 0 fully saturated rings. The number of hydrogen-bond donors (Lipinski definition) is 1. The van der Waals surface area contributed by atoms with Crippen molar-refractivity contribution < 1.29 is 13.5 Å². The van der Waals surface area contributed by atoms with Gasteiger partial charge in [-0.2, -0.15) is 0 Å². The molecule has 1 aromatic rings. The number of nitrogens with zero attached hydrogens (tertiary/aromatic N) is 1. The lowest BCUT2D eigenvalue weighted by atomic mass is 9.99. The molecule has 0 aliphatic carbocycles. The van der Waals surface area contributed by atoms with Gasteiger partial charge in [0, 0.05) is 12.1 Å². The summed E-state index contributed by atoms with van der Waals surface area (Å²) in [6, 6.07) is 6.86. The molecule has 2 atom stereocenters. The van der Waals surface area contributed by atoms with Crippen LogP contribution in [-0.4, -0.2) is 38.1 Å². The lowest BCUT2D eigenvalue weighted by Gasteiger charge is -2.31. The fourth-order valence-corrected chi connectivity index (χ4v) is 2.09. The van der Waals surface area contributed by atoms with Crippen LogP contribution in [0.2, 0.25) is 0 Å². The molecule has 0 radical (unpaired) electrons. The molecular formula is C13H20F2N2O. The SMILES string of the molecule is COc1ccc(C(C(C)N)N(C)CC(F)F)cc1. The first-order chi connectivity index (χ1) is 8.45. The standard InChI is InChI=1S/C13H20F2N2O/c1-9(16)13(17(2)8-12(14)15)10-4-6-11(18-3)7-5-10/h4-7,9,12-13H,8,16H2,1-3H3. The lowest BCUT2D eigenvalue weighted by Crippen LogP contribution is -2.39. The smallest absolute Gasteiger partial charge is 0.251 e. The third kappa shape index (κ3) is 3.92. The van der Waals surface area contributed by atoms with Gasteiger partial charge in [-0.3, -0.25) is 4.90 Å². The van der Waals surface area contributed by atoms with E-state index < -0.39 is 6.43 Å². The summed E-state index contributed by atoms with van der Waals surface area (Å²) in [5.41, 5.74) is 6.81. The zero-order chi connectivity index (χ0) is 13.7. The summed E-state index contributed by atoms with van der Waals surface area (Å²) in [6.07, 6.45) is -2.37. The molecule has 0 spiro atoms. The first-order valence-electron chi connectivity index (χ1n) is 5.83. The minimum atomic E-state index is -2.37. The monoisotopic (exact) mass is 258 g/mol. The predicted octanol–water partition coefficient (Wildman–Crippen LogP) is 2.28. The van der Waals surface area contributed by atoms with Crippen molar-refractivity contribution in [2.75, 3.05) is 20.7 Å². The van der Waals surface area contributed by atoms with Crippen molar-refractivity contribution in [3.63, 3.8) is 0 Å². The summed E-state index contributed by atoms with van der Waals surface area (Å²) >= 11 is 0. The second-order valence-corrected chi connectivity index (χ2v) is 4.41. The maximum Gasteiger partial charge on any atom is 0.251 e. The molecule has 0 saturated heterocycles. The van der Waals surface area contributed by atoms with Crippen LogP contribution in [0.3, 0.4) is 0 Å². The number of nitrogens with two attached hydrogens (primary N) is 1. The molecule has 0 amide bonds. The van der Waals surface area contributed by atoms with Crippen LogP contribution in [0.5, 0.6) is 5.75 Å². The normalized spacial score (nSPS) is 14.9. The number of alkyl halides is 2. The molecule has 0 bridgehead atoms. The van der Waals surface area contributed by atoms with Crippen LogP contribution in [0.25, 0.3) is 0 Å². The van der Waals surface area contributed by atoms with Gasteiger partial charge in [-0.05, 0) is 31.7 Å². The molecule has 2 N–H and O–H groups in total. The summed E-state index contributed by atoms with van der Waals surface area (Å²) in [5.74, 6) is 0.735. The van der Waals surface area contributed by atoms with E-state index in [4.69, 9.17) is 10.5 Å². The molecule has 1 rings (SSSR count). The van der Waals surface area contributed by atoms with Gasteiger partial charge in [0.25, 0.3) is 6.43 Å². The van der Waals surface area contributed by atoms with Crippen molar-refractivity contribution in [2.24, 2.45) is 5.73 Å². The molecule has 0 aliphatic heterocycles. The van der Waals surface area contributed by atoms with Gasteiger partial charge in [-0.15, -0.1) is 0 Å². The van der Waals surface area contributed by atoms with E-state index in [0.29, 0.717) is 0 Å². The van der Waals surface area contributed by atoms with Crippen LogP contribution in [0.15, 0.2) is 24.3 Å². The fraction of sp³-hybridized carbons (Fsp3) is 0.538. The summed E-state index contributed by atoms with van der Waals surface area (Å²) in [6.45, 7) is 1.52. The van der Waals surface area contributed by atoms with Crippen LogP contribution >= 0.6 is 0 Å². The molecule has 0 heterocycles. The quantitative estimate of drug-likeness (QED) is 0.850. The molecule has 0 aliphatic rings. The molecule has 2 unspecified atom stereocenters. The highest BCUT2D eigenvalue weighted by atomic mass is 19.3. The van der Waals surface area contributed by atoms with Gasteiger partial charge in [0.1, 0.15) is 5.75 Å². The predicted molar refractivity (Wildman–Crippen MR) is 68.0 cm³/mol. The van der Waals surface area contributed by atoms with Gasteiger partial charge in [0.05, 0.1) is 13.7 Å². The maximum absolute atomic E-state index is 12.4. The van der Waals surface area contributed by atoms with Crippen molar-refractivity contribution >= 4 is 0 Å². The Kier molecular flexibility index (Phi) is 5.50. The Morgan fingerprint density at radius 2 is 1.83 bits per heavy atom. The summed E-state index contributed by atoms with van der Waals surface area (Å²) in [7, 11) is 3.24. The second kappa shape index (κ2) is 6.66. The topological polar surface area (TPSA) is 38.5 Å². The summed E-state index contributed by atoms with van der Waals surface area (Å²) in [5, 5.41) is 0. The van der Waals surface area contributed by atoms with Crippen LogP contribution in [0.4, 0.5) is 8.78 Å². The third-order valence-electron chi connectivity index (χ3n) is 2.86. The Balaban J connectivity index is 2.89. The van der Waals surface area contributed by atoms with Crippen LogP contribution in [0, 0.1) is 0 Å². The highest BCUT2D eigenvalue weighted by Gasteiger charge is 2.23. The summed E-state index contributed by atoms with van der Waals surface area (Å²) < 4.78 is 30.0. The van der Waals surface area contributed by atoms with Gasteiger partial charge in [-0.1, -0.05) is 12.1 Å². The van der Waals surface area contributed by atoms with E-state index in [1.807, 2.05) is 19.1 Å². The number of rotatable bonds is 6. The van der Waals surface area contributed by atoms with Gasteiger partial charge in [0.2, 0.25) is 0 Å². The van der Waals surface area contributed by atoms with Gasteiger partial charge < -0.3 is 10.5 Å². The molecule has 0 saturated carbocycles. The number of benzene rings is 1. The summed E-state index contributed by atoms with van der Waals surface area (Å²) in [4.78, 5) is 1.58. The average molecular weight is 258 g/mol. The van der Waals surface area contributed by atoms with Crippen molar-refractivity contribution in [3.05, 3.63) is 29.8 Å². The fourth-order valence-electron chi connectivity index (χ4n) is 2.09. The van der Waals surface area contributed by atoms with Crippen LogP contribution in [-0.2, 0) is 0 Å². The molecule has 1 aromatic carbocycles. The number of methoxy groups -OCH3 is 1. The Hall–Kier alpha value is -1.20. The lowest BCUT2D eigenvalue weighted by molar-refractivity contribution is 0.0754. The number of likely N-dealkylation sites (N-methyl/N-ethyl adjacent to an activating group) is 1. The van der Waals surface area contributed by atoms with Crippen LogP contribution in [0.1, 0.15) is 18.5 Å². The molecule has 0 aromatic heterocycles. The Morgan fingerprint density at radius 3 is 2.22 bits per heavy atom. The zero-order valence-corrected chi connectivity index (χ0v) is 10.9.